The molecule has 104 valence electrons. The van der Waals surface area contributed by atoms with Crippen LogP contribution < -0.4 is 14.8 Å². The molecule has 1 fully saturated rings. The van der Waals surface area contributed by atoms with Crippen molar-refractivity contribution in [1.29, 1.82) is 0 Å². The molecule has 2 heterocycles. The molecule has 2 aliphatic heterocycles. The summed E-state index contributed by atoms with van der Waals surface area (Å²) in [6.45, 7) is 3.06. The average Bonchev–Trinajstić information content (AvgIpc) is 2.84. The fourth-order valence-electron chi connectivity index (χ4n) is 2.38. The number of nitrogens with one attached hydrogen (secondary N) is 1. The van der Waals surface area contributed by atoms with Crippen molar-refractivity contribution >= 4 is 0 Å². The van der Waals surface area contributed by atoms with Crippen LogP contribution >= 0.6 is 0 Å². The smallest absolute Gasteiger partial charge is 0.161 e. The van der Waals surface area contributed by atoms with Crippen molar-refractivity contribution in [2.24, 2.45) is 0 Å². The van der Waals surface area contributed by atoms with E-state index in [1.165, 1.54) is 5.56 Å². The molecular weight excluding hydrogens is 246 g/mol. The van der Waals surface area contributed by atoms with Gasteiger partial charge in [-0.25, -0.2) is 0 Å². The molecule has 0 bridgehead atoms. The van der Waals surface area contributed by atoms with E-state index in [9.17, 15) is 5.11 Å². The Bertz CT molecular complexity index is 437. The van der Waals surface area contributed by atoms with Crippen LogP contribution in [0.25, 0.3) is 0 Å². The van der Waals surface area contributed by atoms with Crippen molar-refractivity contribution in [3.63, 3.8) is 0 Å². The number of hydrogen-bond acceptors (Lipinski definition) is 5. The fourth-order valence-corrected chi connectivity index (χ4v) is 2.38. The van der Waals surface area contributed by atoms with Gasteiger partial charge in [-0.3, -0.25) is 0 Å². The molecule has 1 aromatic rings. The van der Waals surface area contributed by atoms with E-state index in [2.05, 4.69) is 11.4 Å². The van der Waals surface area contributed by atoms with Crippen molar-refractivity contribution < 1.29 is 19.3 Å². The zero-order valence-corrected chi connectivity index (χ0v) is 10.8. The predicted octanol–water partition coefficient (Wildman–Crippen LogP) is 0.350. The first-order chi connectivity index (χ1) is 9.33. The Morgan fingerprint density at radius 1 is 1.16 bits per heavy atom. The van der Waals surface area contributed by atoms with Crippen LogP contribution in [0, 0.1) is 0 Å². The molecular formula is C14H19NO4. The second kappa shape index (κ2) is 5.77. The van der Waals surface area contributed by atoms with Gasteiger partial charge in [0.15, 0.2) is 11.5 Å². The third-order valence-electron chi connectivity index (χ3n) is 3.48. The van der Waals surface area contributed by atoms with Crippen LogP contribution in [0.2, 0.25) is 0 Å². The lowest BCUT2D eigenvalue weighted by atomic mass is 10.1. The molecule has 5 heteroatoms. The first kappa shape index (κ1) is 12.7. The summed E-state index contributed by atoms with van der Waals surface area (Å²) in [6, 6.07) is 6.09. The highest BCUT2D eigenvalue weighted by Gasteiger charge is 2.25. The maximum absolute atomic E-state index is 9.62. The van der Waals surface area contributed by atoms with Crippen LogP contribution in [0.3, 0.4) is 0 Å². The molecule has 1 aromatic carbocycles. The van der Waals surface area contributed by atoms with Gasteiger partial charge in [-0.1, -0.05) is 6.07 Å². The van der Waals surface area contributed by atoms with Gasteiger partial charge in [-0.15, -0.1) is 0 Å². The lowest BCUT2D eigenvalue weighted by Crippen LogP contribution is -2.39. The monoisotopic (exact) mass is 265 g/mol. The van der Waals surface area contributed by atoms with Crippen molar-refractivity contribution in [3.05, 3.63) is 23.8 Å². The maximum atomic E-state index is 9.62. The molecule has 3 rings (SSSR count). The summed E-state index contributed by atoms with van der Waals surface area (Å²) in [5, 5.41) is 12.9. The zero-order chi connectivity index (χ0) is 13.1. The Morgan fingerprint density at radius 3 is 2.79 bits per heavy atom. The molecule has 0 aromatic heterocycles. The normalized spacial score (nSPS) is 25.5. The first-order valence-electron chi connectivity index (χ1n) is 6.70. The van der Waals surface area contributed by atoms with Gasteiger partial charge in [0, 0.05) is 0 Å². The van der Waals surface area contributed by atoms with Gasteiger partial charge in [0.1, 0.15) is 13.2 Å². The van der Waals surface area contributed by atoms with Gasteiger partial charge in [-0.05, 0) is 30.7 Å². The van der Waals surface area contributed by atoms with E-state index >= 15 is 0 Å². The largest absolute Gasteiger partial charge is 0.486 e. The molecule has 2 unspecified atom stereocenters. The van der Waals surface area contributed by atoms with Crippen molar-refractivity contribution in [3.8, 4) is 11.5 Å². The van der Waals surface area contributed by atoms with E-state index in [4.69, 9.17) is 14.2 Å². The SMILES string of the molecule is OC1COCC1NCCc1ccc2c(c1)OCCO2. The van der Waals surface area contributed by atoms with E-state index in [1.807, 2.05) is 12.1 Å². The third-order valence-corrected chi connectivity index (χ3v) is 3.48. The molecule has 0 spiro atoms. The molecule has 1 saturated heterocycles. The summed E-state index contributed by atoms with van der Waals surface area (Å²) in [6.07, 6.45) is 0.500. The Kier molecular flexibility index (Phi) is 3.87. The van der Waals surface area contributed by atoms with Gasteiger partial charge in [0.2, 0.25) is 0 Å². The summed E-state index contributed by atoms with van der Waals surface area (Å²) < 4.78 is 16.2. The summed E-state index contributed by atoms with van der Waals surface area (Å²) >= 11 is 0. The first-order valence-corrected chi connectivity index (χ1v) is 6.70. The maximum Gasteiger partial charge on any atom is 0.161 e. The van der Waals surface area contributed by atoms with E-state index in [0.717, 1.165) is 24.5 Å². The van der Waals surface area contributed by atoms with E-state index in [-0.39, 0.29) is 12.1 Å². The van der Waals surface area contributed by atoms with Gasteiger partial charge >= 0.3 is 0 Å². The standard InChI is InChI=1S/C14H19NO4/c16-12-9-17-8-11(12)15-4-3-10-1-2-13-14(7-10)19-6-5-18-13/h1-2,7,11-12,15-16H,3-6,8-9H2. The van der Waals surface area contributed by atoms with Crippen LogP contribution in [-0.4, -0.2) is 50.2 Å². The van der Waals surface area contributed by atoms with Crippen LogP contribution in [0.5, 0.6) is 11.5 Å². The zero-order valence-electron chi connectivity index (χ0n) is 10.8. The van der Waals surface area contributed by atoms with E-state index < -0.39 is 0 Å². The number of rotatable bonds is 4. The Hall–Kier alpha value is -1.30. The van der Waals surface area contributed by atoms with Crippen molar-refractivity contribution in [1.82, 2.24) is 5.32 Å². The lowest BCUT2D eigenvalue weighted by Gasteiger charge is -2.19. The minimum Gasteiger partial charge on any atom is -0.486 e. The quantitative estimate of drug-likeness (QED) is 0.822. The molecule has 0 aliphatic carbocycles. The number of ether oxygens (including phenoxy) is 3. The minimum atomic E-state index is -0.389. The predicted molar refractivity (Wildman–Crippen MR) is 69.8 cm³/mol. The highest BCUT2D eigenvalue weighted by atomic mass is 16.6. The topological polar surface area (TPSA) is 60.0 Å². The van der Waals surface area contributed by atoms with E-state index in [1.54, 1.807) is 0 Å². The average molecular weight is 265 g/mol. The second-order valence-corrected chi connectivity index (χ2v) is 4.89. The summed E-state index contributed by atoms with van der Waals surface area (Å²) in [4.78, 5) is 0. The van der Waals surface area contributed by atoms with Crippen LogP contribution in [0.4, 0.5) is 0 Å². The highest BCUT2D eigenvalue weighted by Crippen LogP contribution is 2.30. The summed E-state index contributed by atoms with van der Waals surface area (Å²) in [5.41, 5.74) is 1.20. The number of fused-ring (bicyclic) bond motifs is 1. The number of aliphatic hydroxyl groups is 1. The fraction of sp³-hybridized carbons (Fsp3) is 0.571. The molecule has 0 amide bonds. The number of benzene rings is 1. The Morgan fingerprint density at radius 2 is 2.00 bits per heavy atom. The van der Waals surface area contributed by atoms with Crippen LogP contribution in [0.15, 0.2) is 18.2 Å². The lowest BCUT2D eigenvalue weighted by molar-refractivity contribution is 0.122. The van der Waals surface area contributed by atoms with Crippen LogP contribution in [0.1, 0.15) is 5.56 Å². The second-order valence-electron chi connectivity index (χ2n) is 4.89. The van der Waals surface area contributed by atoms with Gasteiger partial charge in [0.05, 0.1) is 25.4 Å². The highest BCUT2D eigenvalue weighted by molar-refractivity contribution is 5.43. The summed E-state index contributed by atoms with van der Waals surface area (Å²) in [7, 11) is 0. The molecule has 19 heavy (non-hydrogen) atoms. The summed E-state index contributed by atoms with van der Waals surface area (Å²) in [5.74, 6) is 1.65. The van der Waals surface area contributed by atoms with Crippen molar-refractivity contribution in [2.75, 3.05) is 33.0 Å². The molecule has 0 saturated carbocycles. The molecule has 2 N–H and O–H groups in total. The Labute approximate surface area is 112 Å². The number of hydrogen-bond donors (Lipinski definition) is 2. The van der Waals surface area contributed by atoms with Gasteiger partial charge in [0.25, 0.3) is 0 Å². The molecule has 0 radical (unpaired) electrons. The Balaban J connectivity index is 1.52. The van der Waals surface area contributed by atoms with Crippen molar-refractivity contribution in [2.45, 2.75) is 18.6 Å². The van der Waals surface area contributed by atoms with Gasteiger partial charge in [-0.2, -0.15) is 0 Å². The number of aliphatic hydroxyl groups excluding tert-OH is 1. The molecule has 2 aliphatic rings. The molecule has 2 atom stereocenters. The molecule has 5 nitrogen and oxygen atoms in total. The minimum absolute atomic E-state index is 0.0530. The van der Waals surface area contributed by atoms with Crippen LogP contribution in [-0.2, 0) is 11.2 Å². The van der Waals surface area contributed by atoms with E-state index in [0.29, 0.717) is 26.4 Å². The van der Waals surface area contributed by atoms with Gasteiger partial charge < -0.3 is 24.6 Å². The third kappa shape index (κ3) is 3.00.